The molecule has 0 aromatic heterocycles. The van der Waals surface area contributed by atoms with Gasteiger partial charge in [-0.05, 0) is 37.5 Å². The summed E-state index contributed by atoms with van der Waals surface area (Å²) < 4.78 is 53.0. The van der Waals surface area contributed by atoms with E-state index in [2.05, 4.69) is 5.32 Å². The van der Waals surface area contributed by atoms with Gasteiger partial charge in [0.15, 0.2) is 0 Å². The number of hydrogen-bond acceptors (Lipinski definition) is 2. The smallest absolute Gasteiger partial charge is 0.336 e. The average molecular weight is 365 g/mol. The molecule has 1 aliphatic heterocycles. The Morgan fingerprint density at radius 3 is 2.58 bits per heavy atom. The summed E-state index contributed by atoms with van der Waals surface area (Å²) in [4.78, 5) is 13.8. The van der Waals surface area contributed by atoms with Crippen LogP contribution in [0.15, 0.2) is 18.2 Å². The number of hydrogen-bond donors (Lipinski definition) is 1. The zero-order chi connectivity index (χ0) is 17.7. The van der Waals surface area contributed by atoms with Crippen LogP contribution in [0.25, 0.3) is 0 Å². The van der Waals surface area contributed by atoms with Crippen LogP contribution in [0.3, 0.4) is 0 Å². The maximum absolute atomic E-state index is 13.3. The van der Waals surface area contributed by atoms with E-state index >= 15 is 0 Å². The van der Waals surface area contributed by atoms with Gasteiger partial charge in [-0.15, -0.1) is 0 Å². The fraction of sp³-hybridized carbons (Fsp3) is 0.562. The fourth-order valence-corrected chi connectivity index (χ4v) is 3.31. The van der Waals surface area contributed by atoms with Gasteiger partial charge in [-0.1, -0.05) is 17.7 Å². The largest absolute Gasteiger partial charge is 0.403 e. The molecular formula is C16H17ClF4N2O. The topological polar surface area (TPSA) is 32.3 Å². The Kier molecular flexibility index (Phi) is 4.28. The number of nitrogens with one attached hydrogen (secondary N) is 1. The molecule has 0 radical (unpaired) electrons. The molecule has 132 valence electrons. The Morgan fingerprint density at radius 2 is 2.04 bits per heavy atom. The molecule has 24 heavy (non-hydrogen) atoms. The predicted molar refractivity (Wildman–Crippen MR) is 81.1 cm³/mol. The van der Waals surface area contributed by atoms with E-state index in [-0.39, 0.29) is 36.5 Å². The third kappa shape index (κ3) is 2.88. The number of carbonyl (C=O) groups excluding carboxylic acids is 1. The normalized spacial score (nSPS) is 26.3. The van der Waals surface area contributed by atoms with E-state index in [0.29, 0.717) is 12.1 Å². The molecule has 1 aromatic carbocycles. The van der Waals surface area contributed by atoms with Gasteiger partial charge >= 0.3 is 6.18 Å². The number of halogens is 5. The summed E-state index contributed by atoms with van der Waals surface area (Å²) >= 11 is 5.77. The van der Waals surface area contributed by atoms with Crippen LogP contribution < -0.4 is 5.32 Å². The molecule has 2 fully saturated rings. The van der Waals surface area contributed by atoms with Crippen LogP contribution in [-0.4, -0.2) is 36.1 Å². The summed E-state index contributed by atoms with van der Waals surface area (Å²) in [6, 6.07) is 3.44. The first kappa shape index (κ1) is 17.5. The van der Waals surface area contributed by atoms with Gasteiger partial charge in [-0.3, -0.25) is 4.79 Å². The molecule has 1 aliphatic carbocycles. The maximum atomic E-state index is 13.3. The Morgan fingerprint density at radius 1 is 1.38 bits per heavy atom. The monoisotopic (exact) mass is 364 g/mol. The van der Waals surface area contributed by atoms with Crippen LogP contribution in [-0.2, 0) is 4.79 Å². The van der Waals surface area contributed by atoms with Crippen molar-refractivity contribution >= 4 is 17.5 Å². The lowest BCUT2D eigenvalue weighted by Crippen LogP contribution is -2.57. The highest BCUT2D eigenvalue weighted by Crippen LogP contribution is 2.59. The minimum Gasteiger partial charge on any atom is -0.336 e. The zero-order valence-corrected chi connectivity index (χ0v) is 13.7. The molecule has 1 aromatic rings. The third-order valence-electron chi connectivity index (χ3n) is 4.88. The molecule has 8 heteroatoms. The third-order valence-corrected chi connectivity index (χ3v) is 5.17. The van der Waals surface area contributed by atoms with Crippen LogP contribution >= 0.6 is 11.6 Å². The van der Waals surface area contributed by atoms with Crippen molar-refractivity contribution in [3.8, 4) is 0 Å². The lowest BCUT2D eigenvalue weighted by atomic mass is 9.98. The number of carbonyl (C=O) groups is 1. The molecule has 2 aliphatic rings. The van der Waals surface area contributed by atoms with Gasteiger partial charge in [-0.2, -0.15) is 13.2 Å². The lowest BCUT2D eigenvalue weighted by Gasteiger charge is -2.41. The Balaban J connectivity index is 1.81. The summed E-state index contributed by atoms with van der Waals surface area (Å²) in [5.74, 6) is -1.42. The van der Waals surface area contributed by atoms with Gasteiger partial charge in [0.2, 0.25) is 5.91 Å². The fourth-order valence-electron chi connectivity index (χ4n) is 3.12. The van der Waals surface area contributed by atoms with Gasteiger partial charge in [-0.25, -0.2) is 4.39 Å². The van der Waals surface area contributed by atoms with Crippen LogP contribution in [0.1, 0.15) is 31.4 Å². The average Bonchev–Trinajstić information content (AvgIpc) is 3.31. The van der Waals surface area contributed by atoms with Crippen LogP contribution in [0, 0.1) is 11.2 Å². The summed E-state index contributed by atoms with van der Waals surface area (Å²) in [5, 5.41) is 3.12. The van der Waals surface area contributed by atoms with Gasteiger partial charge in [0.05, 0.1) is 11.1 Å². The highest BCUT2D eigenvalue weighted by Gasteiger charge is 2.69. The second-order valence-electron chi connectivity index (χ2n) is 6.52. The van der Waals surface area contributed by atoms with Crippen molar-refractivity contribution in [3.05, 3.63) is 34.6 Å². The number of alkyl halides is 3. The number of piperazine rings is 1. The molecule has 1 unspecified atom stereocenters. The first-order valence-electron chi connectivity index (χ1n) is 7.72. The summed E-state index contributed by atoms with van der Waals surface area (Å²) in [7, 11) is 0. The maximum Gasteiger partial charge on any atom is 0.403 e. The molecule has 3 nitrogen and oxygen atoms in total. The molecule has 1 N–H and O–H groups in total. The Bertz CT molecular complexity index is 660. The summed E-state index contributed by atoms with van der Waals surface area (Å²) in [6.07, 6.45) is -4.83. The number of rotatable bonds is 2. The molecule has 3 rings (SSSR count). The number of benzene rings is 1. The van der Waals surface area contributed by atoms with Gasteiger partial charge in [0, 0.05) is 19.1 Å². The van der Waals surface area contributed by atoms with E-state index in [9.17, 15) is 22.4 Å². The van der Waals surface area contributed by atoms with Crippen molar-refractivity contribution in [2.24, 2.45) is 5.41 Å². The van der Waals surface area contributed by atoms with Gasteiger partial charge in [0.25, 0.3) is 0 Å². The minimum atomic E-state index is -4.52. The zero-order valence-electron chi connectivity index (χ0n) is 13.0. The predicted octanol–water partition coefficient (Wildman–Crippen LogP) is 3.68. The number of amides is 1. The van der Waals surface area contributed by atoms with Crippen molar-refractivity contribution < 1.29 is 22.4 Å². The SMILES string of the molecule is C[C@@H]1CNC(c2ccc(F)c(Cl)c2)CN1C(=O)C1(C(F)(F)F)CC1. The van der Waals surface area contributed by atoms with Crippen molar-refractivity contribution in [1.82, 2.24) is 10.2 Å². The highest BCUT2D eigenvalue weighted by atomic mass is 35.5. The van der Waals surface area contributed by atoms with Gasteiger partial charge < -0.3 is 10.2 Å². The molecule has 1 heterocycles. The van der Waals surface area contributed by atoms with E-state index < -0.39 is 23.3 Å². The minimum absolute atomic E-state index is 0.0558. The molecule has 1 amide bonds. The molecule has 1 saturated carbocycles. The van der Waals surface area contributed by atoms with Crippen molar-refractivity contribution in [1.29, 1.82) is 0 Å². The van der Waals surface area contributed by atoms with Crippen LogP contribution in [0.4, 0.5) is 17.6 Å². The first-order chi connectivity index (χ1) is 11.2. The van der Waals surface area contributed by atoms with E-state index in [1.165, 1.54) is 23.1 Å². The molecule has 2 atom stereocenters. The molecule has 0 bridgehead atoms. The Hall–Kier alpha value is -1.34. The van der Waals surface area contributed by atoms with E-state index in [4.69, 9.17) is 11.6 Å². The Labute approximate surface area is 142 Å². The second-order valence-corrected chi connectivity index (χ2v) is 6.93. The van der Waals surface area contributed by atoms with Crippen molar-refractivity contribution in [2.45, 2.75) is 38.0 Å². The first-order valence-corrected chi connectivity index (χ1v) is 8.09. The summed E-state index contributed by atoms with van der Waals surface area (Å²) in [5.41, 5.74) is -1.58. The lowest BCUT2D eigenvalue weighted by molar-refractivity contribution is -0.200. The van der Waals surface area contributed by atoms with Gasteiger partial charge in [0.1, 0.15) is 11.2 Å². The van der Waals surface area contributed by atoms with Crippen LogP contribution in [0.2, 0.25) is 5.02 Å². The summed E-state index contributed by atoms with van der Waals surface area (Å²) in [6.45, 7) is 2.17. The molecular weight excluding hydrogens is 348 g/mol. The molecule has 0 spiro atoms. The van der Waals surface area contributed by atoms with E-state index in [1.54, 1.807) is 6.92 Å². The van der Waals surface area contributed by atoms with E-state index in [0.717, 1.165) is 0 Å². The van der Waals surface area contributed by atoms with E-state index in [1.807, 2.05) is 0 Å². The quantitative estimate of drug-likeness (QED) is 0.812. The molecule has 1 saturated heterocycles. The highest BCUT2D eigenvalue weighted by molar-refractivity contribution is 6.30. The van der Waals surface area contributed by atoms with Crippen LogP contribution in [0.5, 0.6) is 0 Å². The van der Waals surface area contributed by atoms with Crippen molar-refractivity contribution in [3.63, 3.8) is 0 Å². The van der Waals surface area contributed by atoms with Crippen molar-refractivity contribution in [2.75, 3.05) is 13.1 Å². The standard InChI is InChI=1S/C16H17ClF4N2O/c1-9-7-22-13(10-2-3-12(18)11(17)6-10)8-23(9)14(24)15(4-5-15)16(19,20)21/h2-3,6,9,13,22H,4-5,7-8H2,1H3/t9-,13?/m1/s1. The second kappa shape index (κ2) is 5.88. The number of nitrogens with zero attached hydrogens (tertiary/aromatic N) is 1.